The van der Waals surface area contributed by atoms with Crippen LogP contribution in [0.15, 0.2) is 15.2 Å². The number of rotatable bonds is 0. The fraction of sp³-hybridized carbons (Fsp3) is 0. The molecule has 0 saturated heterocycles. The van der Waals surface area contributed by atoms with Crippen LogP contribution in [0.4, 0.5) is 0 Å². The molecular formula is C4N4P-. The van der Waals surface area contributed by atoms with E-state index in [1.807, 2.05) is 0 Å². The van der Waals surface area contributed by atoms with Gasteiger partial charge in [0.2, 0.25) is 0 Å². The van der Waals surface area contributed by atoms with Gasteiger partial charge in [0.1, 0.15) is 11.8 Å². The monoisotopic (exact) mass is 135 g/mol. The summed E-state index contributed by atoms with van der Waals surface area (Å²) in [5, 5.41) is 16.5. The minimum atomic E-state index is 0.138. The standard InChI is InChI=1S/C4N4P/c5-1-3-4(2-6)8-9-7-3/q-1. The van der Waals surface area contributed by atoms with E-state index in [0.717, 1.165) is 0 Å². The first-order valence-corrected chi connectivity index (χ1v) is 2.84. The highest BCUT2D eigenvalue weighted by molar-refractivity contribution is 7.26. The Kier molecular flexibility index (Phi) is 1.51. The van der Waals surface area contributed by atoms with Crippen LogP contribution in [0.25, 0.3) is 5.41 Å². The van der Waals surface area contributed by atoms with Crippen molar-refractivity contribution >= 4 is 20.1 Å². The topological polar surface area (TPSA) is 70.8 Å². The summed E-state index contributed by atoms with van der Waals surface area (Å²) in [6.07, 6.45) is 0. The Labute approximate surface area is 53.0 Å². The van der Waals surface area contributed by atoms with E-state index in [9.17, 15) is 0 Å². The van der Waals surface area contributed by atoms with Gasteiger partial charge in [0.25, 0.3) is 0 Å². The van der Waals surface area contributed by atoms with Crippen molar-refractivity contribution in [1.82, 2.24) is 0 Å². The van der Waals surface area contributed by atoms with Crippen molar-refractivity contribution in [3.63, 3.8) is 0 Å². The normalized spacial score (nSPS) is 16.3. The van der Waals surface area contributed by atoms with Crippen molar-refractivity contribution in [3.8, 4) is 6.07 Å². The quantitative estimate of drug-likeness (QED) is 0.362. The average Bonchev–Trinajstić information content (AvgIpc) is 2.33. The molecule has 0 fully saturated rings. The van der Waals surface area contributed by atoms with Gasteiger partial charge in [-0.2, -0.15) is 14.8 Å². The largest absolute Gasteiger partial charge is 0.761 e. The molecule has 0 aliphatic carbocycles. The lowest BCUT2D eigenvalue weighted by molar-refractivity contribution is 1.53. The van der Waals surface area contributed by atoms with Crippen LogP contribution in [-0.2, 0) is 0 Å². The first-order valence-electron chi connectivity index (χ1n) is 2.04. The van der Waals surface area contributed by atoms with Crippen LogP contribution in [0.5, 0.6) is 0 Å². The Hall–Kier alpha value is -1.29. The van der Waals surface area contributed by atoms with Crippen molar-refractivity contribution in [3.05, 3.63) is 11.1 Å². The maximum Gasteiger partial charge on any atom is 0.179 e. The molecule has 0 radical (unpaired) electrons. The second kappa shape index (κ2) is 2.32. The van der Waals surface area contributed by atoms with Gasteiger partial charge in [0.05, 0.1) is 0 Å². The molecule has 0 saturated carbocycles. The summed E-state index contributed by atoms with van der Waals surface area (Å²) in [6, 6.07) is 1.75. The van der Waals surface area contributed by atoms with E-state index in [4.69, 9.17) is 10.7 Å². The van der Waals surface area contributed by atoms with Crippen molar-refractivity contribution in [2.75, 3.05) is 0 Å². The molecular weight excluding hydrogens is 135 g/mol. The molecule has 42 valence electrons. The highest BCUT2D eigenvalue weighted by Crippen LogP contribution is 2.17. The summed E-state index contributed by atoms with van der Waals surface area (Å²) >= 11 is 0. The first-order chi connectivity index (χ1) is 4.38. The van der Waals surface area contributed by atoms with Crippen LogP contribution < -0.4 is 0 Å². The second-order valence-electron chi connectivity index (χ2n) is 1.21. The highest BCUT2D eigenvalue weighted by atomic mass is 31.1. The number of nitriles is 1. The van der Waals surface area contributed by atoms with E-state index in [0.29, 0.717) is 8.52 Å². The third-order valence-corrected chi connectivity index (χ3v) is 1.30. The van der Waals surface area contributed by atoms with E-state index < -0.39 is 0 Å². The molecule has 0 amide bonds. The molecule has 5 heteroatoms. The molecule has 0 bridgehead atoms. The summed E-state index contributed by atoms with van der Waals surface area (Å²) < 4.78 is 7.22. The molecule has 1 aliphatic rings. The van der Waals surface area contributed by atoms with E-state index in [1.54, 1.807) is 11.9 Å². The molecule has 0 spiro atoms. The van der Waals surface area contributed by atoms with Gasteiger partial charge in [-0.15, -0.1) is 0 Å². The van der Waals surface area contributed by atoms with Gasteiger partial charge in [-0.25, -0.2) is 5.87 Å². The van der Waals surface area contributed by atoms with Crippen molar-refractivity contribution in [1.29, 1.82) is 5.26 Å². The molecule has 1 rings (SSSR count). The van der Waals surface area contributed by atoms with Crippen LogP contribution in [0.2, 0.25) is 0 Å². The Morgan fingerprint density at radius 1 is 1.67 bits per heavy atom. The van der Waals surface area contributed by atoms with Gasteiger partial charge in [0.15, 0.2) is 14.2 Å². The number of hydrogen-bond donors (Lipinski definition) is 0. The molecule has 9 heavy (non-hydrogen) atoms. The molecule has 0 aromatic heterocycles. The molecule has 0 aromatic carbocycles. The second-order valence-corrected chi connectivity index (χ2v) is 1.79. The van der Waals surface area contributed by atoms with Crippen LogP contribution >= 0.6 is 8.52 Å². The smallest absolute Gasteiger partial charge is 0.179 e. The Morgan fingerprint density at radius 3 is 2.89 bits per heavy atom. The van der Waals surface area contributed by atoms with Gasteiger partial charge in [-0.1, -0.05) is 0 Å². The fourth-order valence-electron chi connectivity index (χ4n) is 0.357. The number of nitrogens with zero attached hydrogens (tertiary/aromatic N) is 4. The maximum absolute atomic E-state index is 8.25. The van der Waals surface area contributed by atoms with E-state index in [-0.39, 0.29) is 11.4 Å². The third-order valence-electron chi connectivity index (χ3n) is 0.726. The fourth-order valence-corrected chi connectivity index (χ4v) is 0.860. The molecule has 0 aromatic rings. The average molecular weight is 135 g/mol. The molecule has 4 nitrogen and oxygen atoms in total. The highest BCUT2D eigenvalue weighted by Gasteiger charge is 2.05. The van der Waals surface area contributed by atoms with Gasteiger partial charge >= 0.3 is 0 Å². The van der Waals surface area contributed by atoms with Crippen molar-refractivity contribution < 1.29 is 0 Å². The predicted octanol–water partition coefficient (Wildman–Crippen LogP) is 1.13. The third kappa shape index (κ3) is 0.921. The van der Waals surface area contributed by atoms with Crippen LogP contribution in [0, 0.1) is 11.3 Å². The SMILES string of the molecule is N#CC1=NP=NC1=C=[N-]. The van der Waals surface area contributed by atoms with E-state index in [1.165, 1.54) is 0 Å². The van der Waals surface area contributed by atoms with Gasteiger partial charge in [-0.3, -0.25) is 0 Å². The zero-order valence-electron chi connectivity index (χ0n) is 4.24. The maximum atomic E-state index is 8.25. The molecule has 1 heterocycles. The van der Waals surface area contributed by atoms with Crippen LogP contribution in [0.3, 0.4) is 0 Å². The summed E-state index contributed by atoms with van der Waals surface area (Å²) in [5.41, 5.74) is 0.276. The lowest BCUT2D eigenvalue weighted by Crippen LogP contribution is -1.91. The number of hydrogen-bond acceptors (Lipinski definition) is 3. The predicted molar refractivity (Wildman–Crippen MR) is 34.3 cm³/mol. The van der Waals surface area contributed by atoms with Gasteiger partial charge < -0.3 is 5.41 Å². The molecule has 0 atom stereocenters. The van der Waals surface area contributed by atoms with Crippen LogP contribution in [-0.4, -0.2) is 11.6 Å². The zero-order valence-corrected chi connectivity index (χ0v) is 5.13. The first kappa shape index (κ1) is 5.84. The van der Waals surface area contributed by atoms with Crippen molar-refractivity contribution in [2.45, 2.75) is 0 Å². The van der Waals surface area contributed by atoms with Gasteiger partial charge in [-0.05, 0) is 0 Å². The lowest BCUT2D eigenvalue weighted by atomic mass is 10.3. The summed E-state index contributed by atoms with van der Waals surface area (Å²) in [6.45, 7) is 0. The summed E-state index contributed by atoms with van der Waals surface area (Å²) in [5.74, 6) is 1.75. The number of allylic oxidation sites excluding steroid dienone is 1. The molecule has 0 unspecified atom stereocenters. The Morgan fingerprint density at radius 2 is 2.44 bits per heavy atom. The van der Waals surface area contributed by atoms with Crippen LogP contribution in [0.1, 0.15) is 0 Å². The van der Waals surface area contributed by atoms with E-state index in [2.05, 4.69) is 9.51 Å². The lowest BCUT2D eigenvalue weighted by Gasteiger charge is -1.83. The minimum Gasteiger partial charge on any atom is -0.761 e. The Bertz CT molecular complexity index is 275. The van der Waals surface area contributed by atoms with E-state index >= 15 is 0 Å². The Balaban J connectivity index is 3.09. The molecule has 0 N–H and O–H groups in total. The zero-order chi connectivity index (χ0) is 6.69. The summed E-state index contributed by atoms with van der Waals surface area (Å²) in [4.78, 5) is 0. The summed E-state index contributed by atoms with van der Waals surface area (Å²) in [7, 11) is 0.442. The minimum absolute atomic E-state index is 0.138. The van der Waals surface area contributed by atoms with Gasteiger partial charge in [0, 0.05) is 0 Å². The van der Waals surface area contributed by atoms with Crippen molar-refractivity contribution in [2.24, 2.45) is 9.51 Å². The molecule has 1 aliphatic heterocycles.